The largest absolute Gasteiger partial charge is 0.466 e. The number of rotatable bonds is 6. The second-order valence-electron chi connectivity index (χ2n) is 5.88. The second-order valence-corrected chi connectivity index (χ2v) is 5.88. The van der Waals surface area contributed by atoms with Gasteiger partial charge in [0.05, 0.1) is 12.8 Å². The van der Waals surface area contributed by atoms with Crippen LogP contribution in [0.5, 0.6) is 0 Å². The van der Waals surface area contributed by atoms with E-state index >= 15 is 0 Å². The first kappa shape index (κ1) is 17.9. The Morgan fingerprint density at radius 3 is 2.71 bits per heavy atom. The highest BCUT2D eigenvalue weighted by Gasteiger charge is 2.26. The zero-order valence-corrected chi connectivity index (χ0v) is 13.5. The summed E-state index contributed by atoms with van der Waals surface area (Å²) in [7, 11) is 0. The third-order valence-electron chi connectivity index (χ3n) is 3.71. The molecule has 130 valence electrons. The van der Waals surface area contributed by atoms with Crippen molar-refractivity contribution in [2.75, 3.05) is 13.1 Å². The standard InChI is InChI=1S/C17H20F2N2O3/c1-11(13-6-5-12(18)8-14(13)19)9-20-16(22)21-10-17(2,23)15-4-3-7-24-15/h3-8,11,23H,9-10H2,1-2H3,(H2,20,21,22). The maximum absolute atomic E-state index is 13.7. The lowest BCUT2D eigenvalue weighted by molar-refractivity contribution is 0.0367. The zero-order chi connectivity index (χ0) is 17.7. The highest BCUT2D eigenvalue weighted by Crippen LogP contribution is 2.20. The summed E-state index contributed by atoms with van der Waals surface area (Å²) in [6, 6.07) is 6.09. The number of halogens is 2. The van der Waals surface area contributed by atoms with Crippen LogP contribution in [0.3, 0.4) is 0 Å². The summed E-state index contributed by atoms with van der Waals surface area (Å²) < 4.78 is 31.7. The van der Waals surface area contributed by atoms with E-state index in [-0.39, 0.29) is 19.0 Å². The number of urea groups is 1. The lowest BCUT2D eigenvalue weighted by atomic mass is 10.0. The van der Waals surface area contributed by atoms with Gasteiger partial charge in [-0.15, -0.1) is 0 Å². The van der Waals surface area contributed by atoms with Gasteiger partial charge in [0.25, 0.3) is 0 Å². The molecule has 0 aliphatic rings. The molecule has 2 amide bonds. The molecule has 0 radical (unpaired) electrons. The molecule has 0 fully saturated rings. The maximum Gasteiger partial charge on any atom is 0.314 e. The van der Waals surface area contributed by atoms with Crippen molar-refractivity contribution in [3.63, 3.8) is 0 Å². The average molecular weight is 338 g/mol. The molecule has 1 aromatic heterocycles. The third kappa shape index (κ3) is 4.55. The number of carbonyl (C=O) groups is 1. The van der Waals surface area contributed by atoms with Crippen LogP contribution in [0.4, 0.5) is 13.6 Å². The van der Waals surface area contributed by atoms with Crippen molar-refractivity contribution in [3.8, 4) is 0 Å². The zero-order valence-electron chi connectivity index (χ0n) is 13.5. The lowest BCUT2D eigenvalue weighted by Gasteiger charge is -2.21. The maximum atomic E-state index is 13.7. The van der Waals surface area contributed by atoms with E-state index in [1.807, 2.05) is 0 Å². The minimum absolute atomic E-state index is 0.0500. The van der Waals surface area contributed by atoms with Gasteiger partial charge in [-0.25, -0.2) is 13.6 Å². The van der Waals surface area contributed by atoms with Crippen LogP contribution in [0.1, 0.15) is 31.1 Å². The van der Waals surface area contributed by atoms with Crippen molar-refractivity contribution in [3.05, 3.63) is 59.6 Å². The van der Waals surface area contributed by atoms with E-state index in [4.69, 9.17) is 4.42 Å². The molecule has 24 heavy (non-hydrogen) atoms. The highest BCUT2D eigenvalue weighted by atomic mass is 19.1. The van der Waals surface area contributed by atoms with Crippen molar-refractivity contribution in [1.82, 2.24) is 10.6 Å². The number of aliphatic hydroxyl groups is 1. The first-order chi connectivity index (χ1) is 11.3. The molecule has 0 spiro atoms. The molecule has 0 bridgehead atoms. The lowest BCUT2D eigenvalue weighted by Crippen LogP contribution is -2.44. The van der Waals surface area contributed by atoms with E-state index in [0.717, 1.165) is 6.07 Å². The number of amides is 2. The summed E-state index contributed by atoms with van der Waals surface area (Å²) in [6.07, 6.45) is 1.43. The predicted octanol–water partition coefficient (Wildman–Crippen LogP) is 2.87. The summed E-state index contributed by atoms with van der Waals surface area (Å²) in [5, 5.41) is 15.3. The van der Waals surface area contributed by atoms with E-state index in [9.17, 15) is 18.7 Å². The summed E-state index contributed by atoms with van der Waals surface area (Å²) in [5.74, 6) is -1.29. The van der Waals surface area contributed by atoms with E-state index in [1.165, 1.54) is 25.3 Å². The van der Waals surface area contributed by atoms with Crippen LogP contribution in [0, 0.1) is 11.6 Å². The molecular weight excluding hydrogens is 318 g/mol. The minimum atomic E-state index is -1.34. The highest BCUT2D eigenvalue weighted by molar-refractivity contribution is 5.74. The number of furan rings is 1. The van der Waals surface area contributed by atoms with Crippen LogP contribution in [0.2, 0.25) is 0 Å². The predicted molar refractivity (Wildman–Crippen MR) is 84.5 cm³/mol. The Labute approximate surface area is 138 Å². The molecule has 0 saturated heterocycles. The molecule has 1 aromatic carbocycles. The van der Waals surface area contributed by atoms with Crippen LogP contribution in [-0.4, -0.2) is 24.2 Å². The molecule has 3 N–H and O–H groups in total. The summed E-state index contributed by atoms with van der Waals surface area (Å²) in [5.41, 5.74) is -1.02. The van der Waals surface area contributed by atoms with E-state index in [0.29, 0.717) is 11.3 Å². The SMILES string of the molecule is CC(CNC(=O)NCC(C)(O)c1ccco1)c1ccc(F)cc1F. The van der Waals surface area contributed by atoms with Crippen molar-refractivity contribution >= 4 is 6.03 Å². The molecule has 5 nitrogen and oxygen atoms in total. The van der Waals surface area contributed by atoms with E-state index in [2.05, 4.69) is 10.6 Å². The normalized spacial score (nSPS) is 14.7. The van der Waals surface area contributed by atoms with Gasteiger partial charge >= 0.3 is 6.03 Å². The second kappa shape index (κ2) is 7.44. The Kier molecular flexibility index (Phi) is 5.56. The number of nitrogens with one attached hydrogen (secondary N) is 2. The molecule has 1 heterocycles. The molecular formula is C17H20F2N2O3. The Morgan fingerprint density at radius 2 is 2.08 bits per heavy atom. The summed E-state index contributed by atoms with van der Waals surface area (Å²) in [6.45, 7) is 3.35. The van der Waals surface area contributed by atoms with Crippen molar-refractivity contribution < 1.29 is 23.1 Å². The summed E-state index contributed by atoms with van der Waals surface area (Å²) in [4.78, 5) is 11.8. The van der Waals surface area contributed by atoms with E-state index in [1.54, 1.807) is 19.1 Å². The fourth-order valence-corrected chi connectivity index (χ4v) is 2.24. The monoisotopic (exact) mass is 338 g/mol. The van der Waals surface area contributed by atoms with Crippen LogP contribution >= 0.6 is 0 Å². The van der Waals surface area contributed by atoms with Crippen LogP contribution in [0.25, 0.3) is 0 Å². The molecule has 0 aliphatic heterocycles. The van der Waals surface area contributed by atoms with Gasteiger partial charge in [0.15, 0.2) is 0 Å². The third-order valence-corrected chi connectivity index (χ3v) is 3.71. The average Bonchev–Trinajstić information content (AvgIpc) is 3.06. The number of benzene rings is 1. The van der Waals surface area contributed by atoms with Crippen LogP contribution < -0.4 is 10.6 Å². The fraction of sp³-hybridized carbons (Fsp3) is 0.353. The smallest absolute Gasteiger partial charge is 0.314 e. The first-order valence-electron chi connectivity index (χ1n) is 7.52. The van der Waals surface area contributed by atoms with Crippen molar-refractivity contribution in [2.24, 2.45) is 0 Å². The molecule has 2 rings (SSSR count). The quantitative estimate of drug-likeness (QED) is 0.758. The summed E-state index contributed by atoms with van der Waals surface area (Å²) >= 11 is 0. The fourth-order valence-electron chi connectivity index (χ4n) is 2.24. The molecule has 0 saturated carbocycles. The molecule has 2 atom stereocenters. The van der Waals surface area contributed by atoms with Gasteiger partial charge in [-0.3, -0.25) is 0 Å². The topological polar surface area (TPSA) is 74.5 Å². The van der Waals surface area contributed by atoms with Crippen LogP contribution in [-0.2, 0) is 5.60 Å². The van der Waals surface area contributed by atoms with Gasteiger partial charge in [0, 0.05) is 18.5 Å². The van der Waals surface area contributed by atoms with Crippen molar-refractivity contribution in [1.29, 1.82) is 0 Å². The van der Waals surface area contributed by atoms with Gasteiger partial charge in [-0.2, -0.15) is 0 Å². The number of carbonyl (C=O) groups excluding carboxylic acids is 1. The Hall–Kier alpha value is -2.41. The Morgan fingerprint density at radius 1 is 1.33 bits per heavy atom. The minimum Gasteiger partial charge on any atom is -0.466 e. The van der Waals surface area contributed by atoms with Crippen LogP contribution in [0.15, 0.2) is 41.0 Å². The Bertz CT molecular complexity index is 687. The van der Waals surface area contributed by atoms with Crippen molar-refractivity contribution in [2.45, 2.75) is 25.4 Å². The molecule has 2 aromatic rings. The van der Waals surface area contributed by atoms with Gasteiger partial charge in [-0.05, 0) is 30.7 Å². The van der Waals surface area contributed by atoms with Gasteiger partial charge < -0.3 is 20.2 Å². The first-order valence-corrected chi connectivity index (χ1v) is 7.52. The van der Waals surface area contributed by atoms with Gasteiger partial charge in [0.1, 0.15) is 23.0 Å². The van der Waals surface area contributed by atoms with E-state index < -0.39 is 23.3 Å². The number of hydrogen-bond acceptors (Lipinski definition) is 3. The van der Waals surface area contributed by atoms with Gasteiger partial charge in [-0.1, -0.05) is 13.0 Å². The number of hydrogen-bond donors (Lipinski definition) is 3. The molecule has 2 unspecified atom stereocenters. The van der Waals surface area contributed by atoms with Gasteiger partial charge in [0.2, 0.25) is 0 Å². The Balaban J connectivity index is 1.82. The molecule has 0 aliphatic carbocycles. The molecule has 7 heteroatoms.